The zero-order valence-corrected chi connectivity index (χ0v) is 9.91. The van der Waals surface area contributed by atoms with Crippen molar-refractivity contribution in [3.63, 3.8) is 0 Å². The molecule has 0 aromatic heterocycles. The Balaban J connectivity index is 1.65. The van der Waals surface area contributed by atoms with Gasteiger partial charge in [0.15, 0.2) is 0 Å². The van der Waals surface area contributed by atoms with Gasteiger partial charge in [-0.25, -0.2) is 0 Å². The lowest BCUT2D eigenvalue weighted by Crippen LogP contribution is -2.44. The Kier molecular flexibility index (Phi) is 4.00. The SMILES string of the molecule is CN1CCC(CNC2CCCC2N)CC1. The molecule has 2 rings (SSSR count). The van der Waals surface area contributed by atoms with Crippen LogP contribution in [0.4, 0.5) is 0 Å². The summed E-state index contributed by atoms with van der Waals surface area (Å²) < 4.78 is 0. The monoisotopic (exact) mass is 211 g/mol. The number of piperidine rings is 1. The zero-order chi connectivity index (χ0) is 10.7. The van der Waals surface area contributed by atoms with Crippen molar-refractivity contribution in [1.82, 2.24) is 10.2 Å². The van der Waals surface area contributed by atoms with Crippen molar-refractivity contribution in [2.75, 3.05) is 26.7 Å². The molecule has 0 amide bonds. The van der Waals surface area contributed by atoms with Crippen LogP contribution < -0.4 is 11.1 Å². The second kappa shape index (κ2) is 5.28. The Morgan fingerprint density at radius 1 is 1.20 bits per heavy atom. The molecule has 0 aromatic carbocycles. The molecule has 88 valence electrons. The van der Waals surface area contributed by atoms with E-state index in [0.29, 0.717) is 12.1 Å². The van der Waals surface area contributed by atoms with E-state index in [1.165, 1.54) is 51.7 Å². The van der Waals surface area contributed by atoms with Gasteiger partial charge in [0.2, 0.25) is 0 Å². The Labute approximate surface area is 93.4 Å². The number of nitrogens with one attached hydrogen (secondary N) is 1. The normalized spacial score (nSPS) is 34.8. The van der Waals surface area contributed by atoms with E-state index in [1.807, 2.05) is 0 Å². The highest BCUT2D eigenvalue weighted by Crippen LogP contribution is 2.19. The average Bonchev–Trinajstić information content (AvgIpc) is 2.63. The quantitative estimate of drug-likeness (QED) is 0.725. The number of nitrogens with two attached hydrogens (primary N) is 1. The molecule has 2 fully saturated rings. The van der Waals surface area contributed by atoms with E-state index < -0.39 is 0 Å². The maximum atomic E-state index is 6.05. The minimum atomic E-state index is 0.413. The van der Waals surface area contributed by atoms with Gasteiger partial charge in [0, 0.05) is 12.1 Å². The third kappa shape index (κ3) is 3.16. The molecule has 0 spiro atoms. The van der Waals surface area contributed by atoms with E-state index in [2.05, 4.69) is 17.3 Å². The summed E-state index contributed by atoms with van der Waals surface area (Å²) in [5, 5.41) is 3.67. The number of rotatable bonds is 3. The van der Waals surface area contributed by atoms with Gasteiger partial charge in [0.1, 0.15) is 0 Å². The molecular formula is C12H25N3. The Morgan fingerprint density at radius 3 is 2.53 bits per heavy atom. The lowest BCUT2D eigenvalue weighted by atomic mass is 9.96. The van der Waals surface area contributed by atoms with E-state index in [9.17, 15) is 0 Å². The molecule has 2 unspecified atom stereocenters. The molecule has 15 heavy (non-hydrogen) atoms. The molecule has 0 aromatic rings. The van der Waals surface area contributed by atoms with Gasteiger partial charge in [-0.1, -0.05) is 6.42 Å². The standard InChI is InChI=1S/C12H25N3/c1-15-7-5-10(6-8-15)9-14-12-4-2-3-11(12)13/h10-12,14H,2-9,13H2,1H3. The van der Waals surface area contributed by atoms with Crippen LogP contribution in [0.2, 0.25) is 0 Å². The zero-order valence-electron chi connectivity index (χ0n) is 9.91. The molecule has 2 aliphatic rings. The Bertz CT molecular complexity index is 187. The van der Waals surface area contributed by atoms with Gasteiger partial charge in [0.25, 0.3) is 0 Å². The molecule has 1 saturated carbocycles. The van der Waals surface area contributed by atoms with Crippen molar-refractivity contribution in [2.45, 2.75) is 44.2 Å². The fourth-order valence-electron chi connectivity index (χ4n) is 2.83. The van der Waals surface area contributed by atoms with Crippen molar-refractivity contribution in [1.29, 1.82) is 0 Å². The molecule has 1 saturated heterocycles. The van der Waals surface area contributed by atoms with Crippen molar-refractivity contribution in [3.8, 4) is 0 Å². The summed E-state index contributed by atoms with van der Waals surface area (Å²) in [5.41, 5.74) is 6.05. The smallest absolute Gasteiger partial charge is 0.0219 e. The highest BCUT2D eigenvalue weighted by molar-refractivity contribution is 4.86. The largest absolute Gasteiger partial charge is 0.326 e. The lowest BCUT2D eigenvalue weighted by Gasteiger charge is -2.30. The van der Waals surface area contributed by atoms with Gasteiger partial charge in [-0.2, -0.15) is 0 Å². The molecule has 2 atom stereocenters. The number of hydrogen-bond acceptors (Lipinski definition) is 3. The first-order valence-electron chi connectivity index (χ1n) is 6.43. The highest BCUT2D eigenvalue weighted by atomic mass is 15.1. The fourth-order valence-corrected chi connectivity index (χ4v) is 2.83. The third-order valence-electron chi connectivity index (χ3n) is 4.08. The van der Waals surface area contributed by atoms with Crippen LogP contribution in [0, 0.1) is 5.92 Å². The van der Waals surface area contributed by atoms with Crippen LogP contribution in [-0.2, 0) is 0 Å². The van der Waals surface area contributed by atoms with Crippen LogP contribution in [0.25, 0.3) is 0 Å². The molecule has 3 heteroatoms. The molecular weight excluding hydrogens is 186 g/mol. The van der Waals surface area contributed by atoms with Gasteiger partial charge in [0.05, 0.1) is 0 Å². The van der Waals surface area contributed by atoms with E-state index in [4.69, 9.17) is 5.73 Å². The molecule has 1 aliphatic heterocycles. The number of hydrogen-bond donors (Lipinski definition) is 2. The first-order chi connectivity index (χ1) is 7.25. The van der Waals surface area contributed by atoms with Crippen LogP contribution in [0.1, 0.15) is 32.1 Å². The fraction of sp³-hybridized carbons (Fsp3) is 1.00. The maximum Gasteiger partial charge on any atom is 0.0219 e. The number of nitrogens with zero attached hydrogens (tertiary/aromatic N) is 1. The predicted molar refractivity (Wildman–Crippen MR) is 63.8 cm³/mol. The molecule has 1 aliphatic carbocycles. The Morgan fingerprint density at radius 2 is 1.93 bits per heavy atom. The summed E-state index contributed by atoms with van der Waals surface area (Å²) in [6.45, 7) is 3.72. The van der Waals surface area contributed by atoms with E-state index >= 15 is 0 Å². The second-order valence-electron chi connectivity index (χ2n) is 5.36. The van der Waals surface area contributed by atoms with Crippen LogP contribution in [0.15, 0.2) is 0 Å². The van der Waals surface area contributed by atoms with Crippen LogP contribution >= 0.6 is 0 Å². The molecule has 1 heterocycles. The maximum absolute atomic E-state index is 6.05. The van der Waals surface area contributed by atoms with Crippen molar-refractivity contribution >= 4 is 0 Å². The number of likely N-dealkylation sites (tertiary alicyclic amines) is 1. The van der Waals surface area contributed by atoms with Gasteiger partial charge < -0.3 is 16.0 Å². The van der Waals surface area contributed by atoms with Crippen molar-refractivity contribution < 1.29 is 0 Å². The van der Waals surface area contributed by atoms with E-state index in [-0.39, 0.29) is 0 Å². The van der Waals surface area contributed by atoms with Gasteiger partial charge >= 0.3 is 0 Å². The third-order valence-corrected chi connectivity index (χ3v) is 4.08. The summed E-state index contributed by atoms with van der Waals surface area (Å²) in [5.74, 6) is 0.883. The van der Waals surface area contributed by atoms with Crippen LogP contribution in [0.5, 0.6) is 0 Å². The minimum absolute atomic E-state index is 0.413. The van der Waals surface area contributed by atoms with Crippen LogP contribution in [0.3, 0.4) is 0 Å². The molecule has 0 bridgehead atoms. The second-order valence-corrected chi connectivity index (χ2v) is 5.36. The van der Waals surface area contributed by atoms with Crippen LogP contribution in [-0.4, -0.2) is 43.7 Å². The first-order valence-corrected chi connectivity index (χ1v) is 6.43. The molecule has 3 N–H and O–H groups in total. The summed E-state index contributed by atoms with van der Waals surface area (Å²) >= 11 is 0. The molecule has 3 nitrogen and oxygen atoms in total. The van der Waals surface area contributed by atoms with Gasteiger partial charge in [-0.05, 0) is 58.3 Å². The van der Waals surface area contributed by atoms with Crippen molar-refractivity contribution in [2.24, 2.45) is 11.7 Å². The van der Waals surface area contributed by atoms with E-state index in [1.54, 1.807) is 0 Å². The average molecular weight is 211 g/mol. The predicted octanol–water partition coefficient (Wildman–Crippen LogP) is 0.798. The molecule has 0 radical (unpaired) electrons. The van der Waals surface area contributed by atoms with Gasteiger partial charge in [-0.3, -0.25) is 0 Å². The van der Waals surface area contributed by atoms with Gasteiger partial charge in [-0.15, -0.1) is 0 Å². The highest BCUT2D eigenvalue weighted by Gasteiger charge is 2.24. The Hall–Kier alpha value is -0.120. The van der Waals surface area contributed by atoms with E-state index in [0.717, 1.165) is 5.92 Å². The summed E-state index contributed by atoms with van der Waals surface area (Å²) in [6.07, 6.45) is 6.52. The first kappa shape index (κ1) is 11.4. The summed E-state index contributed by atoms with van der Waals surface area (Å²) in [6, 6.07) is 1.01. The lowest BCUT2D eigenvalue weighted by molar-refractivity contribution is 0.211. The van der Waals surface area contributed by atoms with Crippen molar-refractivity contribution in [3.05, 3.63) is 0 Å². The topological polar surface area (TPSA) is 41.3 Å². The summed E-state index contributed by atoms with van der Waals surface area (Å²) in [7, 11) is 2.22. The summed E-state index contributed by atoms with van der Waals surface area (Å²) in [4.78, 5) is 2.43. The minimum Gasteiger partial charge on any atom is -0.326 e.